The molecule has 1 aromatic rings. The van der Waals surface area contributed by atoms with Crippen LogP contribution in [0.15, 0.2) is 12.1 Å². The molecule has 0 aromatic heterocycles. The predicted octanol–water partition coefficient (Wildman–Crippen LogP) is 1.68. The number of carbonyl (C=O) groups excluding carboxylic acids is 1. The Morgan fingerprint density at radius 1 is 1.39 bits per heavy atom. The predicted molar refractivity (Wildman–Crippen MR) is 68.8 cm³/mol. The zero-order valence-electron chi connectivity index (χ0n) is 10.8. The maximum absolute atomic E-state index is 11.5. The van der Waals surface area contributed by atoms with Crippen LogP contribution in [0.25, 0.3) is 0 Å². The monoisotopic (exact) mass is 246 g/mol. The standard InChI is InChI=1S/C14H18N2O2/c1-3-10-5-6-11(7-14(17)18-4-2)13(9-16)12(10)8-15/h5-6H,3-4,7-8,15H2,1-2H3. The van der Waals surface area contributed by atoms with Crippen LogP contribution in [0, 0.1) is 11.3 Å². The van der Waals surface area contributed by atoms with Gasteiger partial charge in [0.15, 0.2) is 0 Å². The van der Waals surface area contributed by atoms with Crippen LogP contribution in [-0.4, -0.2) is 12.6 Å². The molecule has 2 N–H and O–H groups in total. The van der Waals surface area contributed by atoms with E-state index in [1.165, 1.54) is 0 Å². The number of esters is 1. The minimum atomic E-state index is -0.318. The third-order valence-electron chi connectivity index (χ3n) is 2.83. The van der Waals surface area contributed by atoms with Crippen molar-refractivity contribution < 1.29 is 9.53 Å². The van der Waals surface area contributed by atoms with E-state index in [0.29, 0.717) is 24.3 Å². The lowest BCUT2D eigenvalue weighted by Gasteiger charge is -2.12. The van der Waals surface area contributed by atoms with E-state index < -0.39 is 0 Å². The Hall–Kier alpha value is -1.86. The Morgan fingerprint density at radius 3 is 2.56 bits per heavy atom. The Bertz CT molecular complexity index is 475. The van der Waals surface area contributed by atoms with Crippen molar-refractivity contribution in [2.45, 2.75) is 33.2 Å². The molecule has 1 aromatic carbocycles. The average Bonchev–Trinajstić information content (AvgIpc) is 2.38. The number of benzene rings is 1. The number of aryl methyl sites for hydroxylation is 1. The first kappa shape index (κ1) is 14.2. The number of hydrogen-bond acceptors (Lipinski definition) is 4. The number of nitrogens with zero attached hydrogens (tertiary/aromatic N) is 1. The Kier molecular flexibility index (Phi) is 5.34. The van der Waals surface area contributed by atoms with Crippen molar-refractivity contribution in [2.75, 3.05) is 6.61 Å². The van der Waals surface area contributed by atoms with Gasteiger partial charge in [-0.2, -0.15) is 5.26 Å². The van der Waals surface area contributed by atoms with Gasteiger partial charge in [-0.3, -0.25) is 4.79 Å². The van der Waals surface area contributed by atoms with Gasteiger partial charge in [0.25, 0.3) is 0 Å². The largest absolute Gasteiger partial charge is 0.466 e. The molecule has 18 heavy (non-hydrogen) atoms. The van der Waals surface area contributed by atoms with Crippen LogP contribution in [-0.2, 0) is 28.9 Å². The second-order valence-electron chi connectivity index (χ2n) is 3.89. The van der Waals surface area contributed by atoms with E-state index in [9.17, 15) is 10.1 Å². The summed E-state index contributed by atoms with van der Waals surface area (Å²) in [6.07, 6.45) is 0.939. The van der Waals surface area contributed by atoms with Gasteiger partial charge in [0.2, 0.25) is 0 Å². The molecule has 1 rings (SSSR count). The lowest BCUT2D eigenvalue weighted by Crippen LogP contribution is -2.12. The molecule has 0 fully saturated rings. The zero-order valence-corrected chi connectivity index (χ0v) is 10.8. The van der Waals surface area contributed by atoms with Gasteiger partial charge in [0, 0.05) is 6.54 Å². The number of nitriles is 1. The van der Waals surface area contributed by atoms with Crippen molar-refractivity contribution in [1.29, 1.82) is 5.26 Å². The van der Waals surface area contributed by atoms with Crippen LogP contribution in [0.3, 0.4) is 0 Å². The molecule has 0 bridgehead atoms. The molecular weight excluding hydrogens is 228 g/mol. The molecule has 0 aliphatic carbocycles. The first-order valence-corrected chi connectivity index (χ1v) is 6.07. The fourth-order valence-electron chi connectivity index (χ4n) is 1.96. The van der Waals surface area contributed by atoms with Crippen LogP contribution in [0.1, 0.15) is 36.1 Å². The lowest BCUT2D eigenvalue weighted by molar-refractivity contribution is -0.142. The molecule has 0 unspecified atom stereocenters. The Balaban J connectivity index is 3.14. The molecule has 0 heterocycles. The first-order chi connectivity index (χ1) is 8.67. The van der Waals surface area contributed by atoms with Crippen molar-refractivity contribution in [3.05, 3.63) is 34.4 Å². The number of hydrogen-bond donors (Lipinski definition) is 1. The zero-order chi connectivity index (χ0) is 13.5. The maximum Gasteiger partial charge on any atom is 0.310 e. The summed E-state index contributed by atoms with van der Waals surface area (Å²) in [5, 5.41) is 9.24. The van der Waals surface area contributed by atoms with Crippen LogP contribution in [0.2, 0.25) is 0 Å². The summed E-state index contributed by atoms with van der Waals surface area (Å²) >= 11 is 0. The summed E-state index contributed by atoms with van der Waals surface area (Å²) in [6.45, 7) is 4.43. The second-order valence-corrected chi connectivity index (χ2v) is 3.89. The van der Waals surface area contributed by atoms with Crippen molar-refractivity contribution in [3.8, 4) is 6.07 Å². The van der Waals surface area contributed by atoms with E-state index in [0.717, 1.165) is 17.5 Å². The summed E-state index contributed by atoms with van der Waals surface area (Å²) in [5.41, 5.74) is 8.79. The van der Waals surface area contributed by atoms with E-state index in [4.69, 9.17) is 10.5 Å². The van der Waals surface area contributed by atoms with Gasteiger partial charge < -0.3 is 10.5 Å². The molecule has 0 atom stereocenters. The fourth-order valence-corrected chi connectivity index (χ4v) is 1.96. The molecule has 96 valence electrons. The molecular formula is C14H18N2O2. The van der Waals surface area contributed by atoms with Crippen molar-refractivity contribution in [3.63, 3.8) is 0 Å². The Labute approximate surface area is 107 Å². The van der Waals surface area contributed by atoms with Gasteiger partial charge in [-0.05, 0) is 30.0 Å². The third-order valence-corrected chi connectivity index (χ3v) is 2.83. The molecule has 0 amide bonds. The molecule has 0 spiro atoms. The van der Waals surface area contributed by atoms with E-state index in [1.54, 1.807) is 6.92 Å². The van der Waals surface area contributed by atoms with E-state index in [1.807, 2.05) is 19.1 Å². The topological polar surface area (TPSA) is 76.1 Å². The smallest absolute Gasteiger partial charge is 0.310 e. The second kappa shape index (κ2) is 6.77. The highest BCUT2D eigenvalue weighted by atomic mass is 16.5. The van der Waals surface area contributed by atoms with Crippen molar-refractivity contribution in [2.24, 2.45) is 5.73 Å². The summed E-state index contributed by atoms with van der Waals surface area (Å²) < 4.78 is 4.90. The maximum atomic E-state index is 11.5. The number of nitrogens with two attached hydrogens (primary N) is 1. The average molecular weight is 246 g/mol. The van der Waals surface area contributed by atoms with Gasteiger partial charge in [0.05, 0.1) is 24.7 Å². The van der Waals surface area contributed by atoms with E-state index >= 15 is 0 Å². The van der Waals surface area contributed by atoms with Gasteiger partial charge in [-0.15, -0.1) is 0 Å². The van der Waals surface area contributed by atoms with Gasteiger partial charge in [-0.25, -0.2) is 0 Å². The molecule has 4 nitrogen and oxygen atoms in total. The van der Waals surface area contributed by atoms with Gasteiger partial charge >= 0.3 is 5.97 Å². The normalized spacial score (nSPS) is 9.89. The number of ether oxygens (including phenoxy) is 1. The summed E-state index contributed by atoms with van der Waals surface area (Å²) in [5.74, 6) is -0.318. The molecule has 4 heteroatoms. The summed E-state index contributed by atoms with van der Waals surface area (Å²) in [4.78, 5) is 11.5. The van der Waals surface area contributed by atoms with Crippen molar-refractivity contribution in [1.82, 2.24) is 0 Å². The molecule has 0 saturated carbocycles. The Morgan fingerprint density at radius 2 is 2.06 bits per heavy atom. The van der Waals surface area contributed by atoms with Crippen LogP contribution in [0.4, 0.5) is 0 Å². The number of rotatable bonds is 5. The number of carbonyl (C=O) groups is 1. The summed E-state index contributed by atoms with van der Waals surface area (Å²) in [7, 11) is 0. The third kappa shape index (κ3) is 3.08. The first-order valence-electron chi connectivity index (χ1n) is 6.07. The molecule has 0 radical (unpaired) electrons. The minimum absolute atomic E-state index is 0.119. The highest BCUT2D eigenvalue weighted by Crippen LogP contribution is 2.20. The molecule has 0 aliphatic rings. The van der Waals surface area contributed by atoms with Crippen molar-refractivity contribution >= 4 is 5.97 Å². The quantitative estimate of drug-likeness (QED) is 0.802. The fraction of sp³-hybridized carbons (Fsp3) is 0.429. The van der Waals surface area contributed by atoms with Crippen LogP contribution >= 0.6 is 0 Å². The van der Waals surface area contributed by atoms with Gasteiger partial charge in [-0.1, -0.05) is 19.1 Å². The van der Waals surface area contributed by atoms with E-state index in [-0.39, 0.29) is 12.4 Å². The van der Waals surface area contributed by atoms with Crippen LogP contribution in [0.5, 0.6) is 0 Å². The lowest BCUT2D eigenvalue weighted by atomic mass is 9.94. The molecule has 0 saturated heterocycles. The molecule has 0 aliphatic heterocycles. The highest BCUT2D eigenvalue weighted by molar-refractivity contribution is 5.74. The minimum Gasteiger partial charge on any atom is -0.466 e. The SMILES string of the molecule is CCOC(=O)Cc1ccc(CC)c(CN)c1C#N. The highest BCUT2D eigenvalue weighted by Gasteiger charge is 2.14. The van der Waals surface area contributed by atoms with Crippen LogP contribution < -0.4 is 5.73 Å². The summed E-state index contributed by atoms with van der Waals surface area (Å²) in [6, 6.07) is 5.89. The van der Waals surface area contributed by atoms with Gasteiger partial charge in [0.1, 0.15) is 0 Å². The van der Waals surface area contributed by atoms with E-state index in [2.05, 4.69) is 6.07 Å².